The van der Waals surface area contributed by atoms with Crippen molar-refractivity contribution in [2.24, 2.45) is 5.73 Å². The van der Waals surface area contributed by atoms with Gasteiger partial charge in [-0.3, -0.25) is 4.79 Å². The molecule has 0 amide bonds. The molecular formula is C11H13NO4. The first-order valence-electron chi connectivity index (χ1n) is 5.05. The van der Waals surface area contributed by atoms with E-state index in [-0.39, 0.29) is 6.54 Å². The van der Waals surface area contributed by atoms with E-state index < -0.39 is 11.9 Å². The van der Waals surface area contributed by atoms with Gasteiger partial charge in [-0.25, -0.2) is 0 Å². The topological polar surface area (TPSA) is 81.8 Å². The SMILES string of the molecule is NCC(C(=O)O)c1cccc2c1OCCO2. The molecule has 16 heavy (non-hydrogen) atoms. The highest BCUT2D eigenvalue weighted by atomic mass is 16.6. The molecule has 1 aliphatic rings. The maximum absolute atomic E-state index is 11.0. The monoisotopic (exact) mass is 223 g/mol. The number of carboxylic acids is 1. The average molecular weight is 223 g/mol. The Labute approximate surface area is 92.8 Å². The zero-order valence-electron chi connectivity index (χ0n) is 8.68. The molecular weight excluding hydrogens is 210 g/mol. The summed E-state index contributed by atoms with van der Waals surface area (Å²) in [6.45, 7) is 0.951. The van der Waals surface area contributed by atoms with Crippen LogP contribution >= 0.6 is 0 Å². The third-order valence-electron chi connectivity index (χ3n) is 2.51. The number of aliphatic carboxylic acids is 1. The normalized spacial score (nSPS) is 15.6. The highest BCUT2D eigenvalue weighted by Crippen LogP contribution is 2.37. The van der Waals surface area contributed by atoms with E-state index in [2.05, 4.69) is 0 Å². The predicted octanol–water partition coefficient (Wildman–Crippen LogP) is 0.585. The van der Waals surface area contributed by atoms with Crippen LogP contribution in [-0.4, -0.2) is 30.8 Å². The van der Waals surface area contributed by atoms with Crippen molar-refractivity contribution in [3.05, 3.63) is 23.8 Å². The molecule has 3 N–H and O–H groups in total. The molecule has 1 aliphatic heterocycles. The van der Waals surface area contributed by atoms with Crippen LogP contribution < -0.4 is 15.2 Å². The molecule has 0 aliphatic carbocycles. The molecule has 1 aromatic carbocycles. The number of ether oxygens (including phenoxy) is 2. The van der Waals surface area contributed by atoms with Crippen molar-refractivity contribution in [1.82, 2.24) is 0 Å². The van der Waals surface area contributed by atoms with Gasteiger partial charge in [0.2, 0.25) is 0 Å². The molecule has 86 valence electrons. The van der Waals surface area contributed by atoms with Crippen molar-refractivity contribution >= 4 is 5.97 Å². The second kappa shape index (κ2) is 4.40. The van der Waals surface area contributed by atoms with E-state index in [1.165, 1.54) is 0 Å². The van der Waals surface area contributed by atoms with Crippen LogP contribution in [0.3, 0.4) is 0 Å². The Morgan fingerprint density at radius 2 is 2.19 bits per heavy atom. The van der Waals surface area contributed by atoms with Crippen LogP contribution in [0.25, 0.3) is 0 Å². The van der Waals surface area contributed by atoms with Gasteiger partial charge in [0, 0.05) is 12.1 Å². The average Bonchev–Trinajstić information content (AvgIpc) is 2.30. The maximum atomic E-state index is 11.0. The smallest absolute Gasteiger partial charge is 0.312 e. The second-order valence-corrected chi connectivity index (χ2v) is 3.50. The standard InChI is InChI=1S/C11H13NO4/c12-6-8(11(13)14)7-2-1-3-9-10(7)16-5-4-15-9/h1-3,8H,4-6,12H2,(H,13,14). The van der Waals surface area contributed by atoms with Crippen LogP contribution in [0.2, 0.25) is 0 Å². The number of benzene rings is 1. The maximum Gasteiger partial charge on any atom is 0.312 e. The quantitative estimate of drug-likeness (QED) is 0.783. The van der Waals surface area contributed by atoms with Crippen LogP contribution in [0.15, 0.2) is 18.2 Å². The lowest BCUT2D eigenvalue weighted by Gasteiger charge is -2.22. The minimum atomic E-state index is -0.954. The van der Waals surface area contributed by atoms with Crippen LogP contribution in [0.1, 0.15) is 11.5 Å². The number of para-hydroxylation sites is 1. The summed E-state index contributed by atoms with van der Waals surface area (Å²) in [4.78, 5) is 11.0. The van der Waals surface area contributed by atoms with Crippen LogP contribution in [0.4, 0.5) is 0 Å². The van der Waals surface area contributed by atoms with E-state index in [1.54, 1.807) is 18.2 Å². The minimum Gasteiger partial charge on any atom is -0.486 e. The van der Waals surface area contributed by atoms with Crippen molar-refractivity contribution in [2.45, 2.75) is 5.92 Å². The summed E-state index contributed by atoms with van der Waals surface area (Å²) >= 11 is 0. The lowest BCUT2D eigenvalue weighted by Crippen LogP contribution is -2.24. The molecule has 0 spiro atoms. The van der Waals surface area contributed by atoms with Crippen molar-refractivity contribution in [2.75, 3.05) is 19.8 Å². The summed E-state index contributed by atoms with van der Waals surface area (Å²) < 4.78 is 10.8. The summed E-state index contributed by atoms with van der Waals surface area (Å²) in [6, 6.07) is 5.21. The molecule has 2 rings (SSSR count). The highest BCUT2D eigenvalue weighted by Gasteiger charge is 2.25. The van der Waals surface area contributed by atoms with Crippen molar-refractivity contribution < 1.29 is 19.4 Å². The molecule has 0 aromatic heterocycles. The Kier molecular flexibility index (Phi) is 2.96. The third-order valence-corrected chi connectivity index (χ3v) is 2.51. The van der Waals surface area contributed by atoms with E-state index in [9.17, 15) is 4.79 Å². The van der Waals surface area contributed by atoms with E-state index in [0.717, 1.165) is 0 Å². The van der Waals surface area contributed by atoms with Gasteiger partial charge in [0.1, 0.15) is 13.2 Å². The van der Waals surface area contributed by atoms with Gasteiger partial charge < -0.3 is 20.3 Å². The van der Waals surface area contributed by atoms with Crippen molar-refractivity contribution in [1.29, 1.82) is 0 Å². The van der Waals surface area contributed by atoms with Crippen molar-refractivity contribution in [3.8, 4) is 11.5 Å². The zero-order chi connectivity index (χ0) is 11.5. The number of fused-ring (bicyclic) bond motifs is 1. The Balaban J connectivity index is 2.43. The van der Waals surface area contributed by atoms with E-state index in [0.29, 0.717) is 30.3 Å². The molecule has 1 atom stereocenters. The van der Waals surface area contributed by atoms with Gasteiger partial charge in [-0.1, -0.05) is 12.1 Å². The molecule has 0 saturated carbocycles. The van der Waals surface area contributed by atoms with Crippen LogP contribution in [0.5, 0.6) is 11.5 Å². The predicted molar refractivity (Wildman–Crippen MR) is 56.9 cm³/mol. The molecule has 0 bridgehead atoms. The Bertz CT molecular complexity index is 405. The lowest BCUT2D eigenvalue weighted by atomic mass is 9.98. The lowest BCUT2D eigenvalue weighted by molar-refractivity contribution is -0.138. The third kappa shape index (κ3) is 1.81. The van der Waals surface area contributed by atoms with Crippen LogP contribution in [-0.2, 0) is 4.79 Å². The Hall–Kier alpha value is -1.75. The summed E-state index contributed by atoms with van der Waals surface area (Å²) in [6.07, 6.45) is 0. The molecule has 1 heterocycles. The first-order valence-corrected chi connectivity index (χ1v) is 5.05. The zero-order valence-corrected chi connectivity index (χ0v) is 8.68. The molecule has 5 nitrogen and oxygen atoms in total. The molecule has 1 aromatic rings. The molecule has 0 saturated heterocycles. The van der Waals surface area contributed by atoms with E-state index in [1.807, 2.05) is 0 Å². The fraction of sp³-hybridized carbons (Fsp3) is 0.364. The summed E-state index contributed by atoms with van der Waals surface area (Å²) in [5.41, 5.74) is 6.04. The van der Waals surface area contributed by atoms with Gasteiger partial charge >= 0.3 is 5.97 Å². The summed E-state index contributed by atoms with van der Waals surface area (Å²) in [5.74, 6) is -0.614. The fourth-order valence-corrected chi connectivity index (χ4v) is 1.73. The largest absolute Gasteiger partial charge is 0.486 e. The first-order chi connectivity index (χ1) is 7.74. The number of carbonyl (C=O) groups is 1. The van der Waals surface area contributed by atoms with Gasteiger partial charge in [0.15, 0.2) is 11.5 Å². The van der Waals surface area contributed by atoms with Gasteiger partial charge in [0.25, 0.3) is 0 Å². The Morgan fingerprint density at radius 3 is 2.88 bits per heavy atom. The molecule has 0 fully saturated rings. The number of hydrogen-bond acceptors (Lipinski definition) is 4. The van der Waals surface area contributed by atoms with E-state index >= 15 is 0 Å². The van der Waals surface area contributed by atoms with E-state index in [4.69, 9.17) is 20.3 Å². The minimum absolute atomic E-state index is 0.0369. The van der Waals surface area contributed by atoms with Gasteiger partial charge in [-0.05, 0) is 6.07 Å². The summed E-state index contributed by atoms with van der Waals surface area (Å²) in [5, 5.41) is 9.05. The molecule has 5 heteroatoms. The van der Waals surface area contributed by atoms with Crippen molar-refractivity contribution in [3.63, 3.8) is 0 Å². The molecule has 0 radical (unpaired) electrons. The Morgan fingerprint density at radius 1 is 1.44 bits per heavy atom. The number of hydrogen-bond donors (Lipinski definition) is 2. The second-order valence-electron chi connectivity index (χ2n) is 3.50. The van der Waals surface area contributed by atoms with Gasteiger partial charge in [-0.2, -0.15) is 0 Å². The number of nitrogens with two attached hydrogens (primary N) is 1. The van der Waals surface area contributed by atoms with Gasteiger partial charge in [-0.15, -0.1) is 0 Å². The summed E-state index contributed by atoms with van der Waals surface area (Å²) in [7, 11) is 0. The first kappa shape index (κ1) is 10.8. The van der Waals surface area contributed by atoms with Gasteiger partial charge in [0.05, 0.1) is 5.92 Å². The number of rotatable bonds is 3. The fourth-order valence-electron chi connectivity index (χ4n) is 1.73. The van der Waals surface area contributed by atoms with Crippen LogP contribution in [0, 0.1) is 0 Å². The number of carboxylic acid groups (broad SMARTS) is 1. The highest BCUT2D eigenvalue weighted by molar-refractivity contribution is 5.78. The molecule has 1 unspecified atom stereocenters.